The van der Waals surface area contributed by atoms with E-state index in [9.17, 15) is 9.59 Å². The number of rotatable bonds is 3. The molecule has 8 heteroatoms. The second-order valence-electron chi connectivity index (χ2n) is 4.75. The highest BCUT2D eigenvalue weighted by molar-refractivity contribution is 9.10. The minimum atomic E-state index is -0.294. The summed E-state index contributed by atoms with van der Waals surface area (Å²) >= 11 is 3.15. The fraction of sp³-hybridized carbons (Fsp3) is 0.538. The topological polar surface area (TPSA) is 65.8 Å². The molecule has 2 heterocycles. The van der Waals surface area contributed by atoms with Crippen LogP contribution in [0.15, 0.2) is 21.2 Å². The van der Waals surface area contributed by atoms with E-state index in [0.717, 1.165) is 26.1 Å². The number of carbonyl (C=O) groups excluding carboxylic acids is 2. The maximum absolute atomic E-state index is 12.2. The van der Waals surface area contributed by atoms with E-state index in [4.69, 9.17) is 4.42 Å². The van der Waals surface area contributed by atoms with Crippen molar-refractivity contribution in [1.82, 2.24) is 15.1 Å². The van der Waals surface area contributed by atoms with Crippen LogP contribution in [0.5, 0.6) is 0 Å². The van der Waals surface area contributed by atoms with E-state index in [1.165, 1.54) is 4.90 Å². The largest absolute Gasteiger partial charge is 0.444 e. The fourth-order valence-electron chi connectivity index (χ4n) is 2.09. The molecule has 6 nitrogen and oxygen atoms in total. The zero-order valence-electron chi connectivity index (χ0n) is 11.8. The Hall–Kier alpha value is -1.05. The standard InChI is InChI=1S/C13H18BrN3O3.ClH/c1-16(13(19)10-3-4-11(14)20-10)9-12(18)17-7-2-5-15-6-8-17;/h3-4,15H,2,5-9H2,1H3;1H. The first-order valence-electron chi connectivity index (χ1n) is 6.57. The van der Waals surface area contributed by atoms with Crippen LogP contribution in [0.25, 0.3) is 0 Å². The van der Waals surface area contributed by atoms with Gasteiger partial charge in [0, 0.05) is 26.7 Å². The van der Waals surface area contributed by atoms with Crippen molar-refractivity contribution in [3.05, 3.63) is 22.6 Å². The molecule has 118 valence electrons. The van der Waals surface area contributed by atoms with E-state index in [1.54, 1.807) is 24.1 Å². The lowest BCUT2D eigenvalue weighted by Crippen LogP contribution is -2.42. The number of hydrogen-bond donors (Lipinski definition) is 1. The average molecular weight is 381 g/mol. The van der Waals surface area contributed by atoms with Gasteiger partial charge in [-0.2, -0.15) is 0 Å². The van der Waals surface area contributed by atoms with Crippen LogP contribution in [0.4, 0.5) is 0 Å². The molecule has 1 aliphatic heterocycles. The van der Waals surface area contributed by atoms with Crippen molar-refractivity contribution >= 4 is 40.2 Å². The molecule has 0 atom stereocenters. The molecule has 0 radical (unpaired) electrons. The van der Waals surface area contributed by atoms with Gasteiger partial charge in [-0.05, 0) is 41.0 Å². The van der Waals surface area contributed by atoms with Gasteiger partial charge in [0.25, 0.3) is 5.91 Å². The van der Waals surface area contributed by atoms with Crippen molar-refractivity contribution in [3.63, 3.8) is 0 Å². The van der Waals surface area contributed by atoms with E-state index in [2.05, 4.69) is 21.2 Å². The summed E-state index contributed by atoms with van der Waals surface area (Å²) in [5.74, 6) is -0.100. The normalized spacial score (nSPS) is 15.0. The molecular weight excluding hydrogens is 362 g/mol. The molecule has 0 bridgehead atoms. The lowest BCUT2D eigenvalue weighted by Gasteiger charge is -2.23. The molecule has 1 aromatic heterocycles. The third kappa shape index (κ3) is 5.01. The van der Waals surface area contributed by atoms with E-state index in [0.29, 0.717) is 11.2 Å². The van der Waals surface area contributed by atoms with Crippen molar-refractivity contribution in [2.45, 2.75) is 6.42 Å². The van der Waals surface area contributed by atoms with Crippen LogP contribution < -0.4 is 5.32 Å². The molecule has 1 saturated heterocycles. The molecule has 2 rings (SSSR count). The Morgan fingerprint density at radius 1 is 1.38 bits per heavy atom. The molecule has 2 amide bonds. The number of nitrogens with one attached hydrogen (secondary N) is 1. The minimum absolute atomic E-state index is 0. The predicted molar refractivity (Wildman–Crippen MR) is 84.7 cm³/mol. The summed E-state index contributed by atoms with van der Waals surface area (Å²) in [6.45, 7) is 3.22. The highest BCUT2D eigenvalue weighted by Gasteiger charge is 2.21. The summed E-state index contributed by atoms with van der Waals surface area (Å²) in [5.41, 5.74) is 0. The third-order valence-electron chi connectivity index (χ3n) is 3.20. The van der Waals surface area contributed by atoms with E-state index >= 15 is 0 Å². The maximum Gasteiger partial charge on any atom is 0.289 e. The first-order chi connectivity index (χ1) is 9.58. The summed E-state index contributed by atoms with van der Waals surface area (Å²) < 4.78 is 5.70. The molecule has 1 fully saturated rings. The van der Waals surface area contributed by atoms with Crippen molar-refractivity contribution in [1.29, 1.82) is 0 Å². The lowest BCUT2D eigenvalue weighted by molar-refractivity contribution is -0.131. The van der Waals surface area contributed by atoms with Gasteiger partial charge < -0.3 is 19.5 Å². The number of hydrogen-bond acceptors (Lipinski definition) is 4. The SMILES string of the molecule is CN(CC(=O)N1CCCNCC1)C(=O)c1ccc(Br)o1.Cl. The van der Waals surface area contributed by atoms with Gasteiger partial charge in [-0.25, -0.2) is 0 Å². The monoisotopic (exact) mass is 379 g/mol. The summed E-state index contributed by atoms with van der Waals surface area (Å²) in [4.78, 5) is 27.4. The molecule has 0 aromatic carbocycles. The zero-order chi connectivity index (χ0) is 14.5. The second kappa shape index (κ2) is 8.41. The molecule has 21 heavy (non-hydrogen) atoms. The summed E-state index contributed by atoms with van der Waals surface area (Å²) in [5, 5.41) is 3.24. The van der Waals surface area contributed by atoms with Crippen molar-refractivity contribution in [2.75, 3.05) is 39.8 Å². The Morgan fingerprint density at radius 3 is 2.81 bits per heavy atom. The molecule has 0 aliphatic carbocycles. The molecular formula is C13H19BrClN3O3. The van der Waals surface area contributed by atoms with Gasteiger partial charge in [-0.15, -0.1) is 12.4 Å². The van der Waals surface area contributed by atoms with Crippen molar-refractivity contribution in [2.24, 2.45) is 0 Å². The van der Waals surface area contributed by atoms with Crippen molar-refractivity contribution < 1.29 is 14.0 Å². The van der Waals surface area contributed by atoms with Crippen LogP contribution in [0.2, 0.25) is 0 Å². The molecule has 0 unspecified atom stereocenters. The number of likely N-dealkylation sites (N-methyl/N-ethyl adjacent to an activating group) is 1. The van der Waals surface area contributed by atoms with Gasteiger partial charge in [0.2, 0.25) is 5.91 Å². The Balaban J connectivity index is 0.00000220. The molecule has 1 N–H and O–H groups in total. The predicted octanol–water partition coefficient (Wildman–Crippen LogP) is 1.36. The molecule has 1 aromatic rings. The maximum atomic E-state index is 12.2. The van der Waals surface area contributed by atoms with Crippen LogP contribution in [0.3, 0.4) is 0 Å². The highest BCUT2D eigenvalue weighted by Crippen LogP contribution is 2.15. The number of halogens is 2. The summed E-state index contributed by atoms with van der Waals surface area (Å²) in [6.07, 6.45) is 0.939. The van der Waals surface area contributed by atoms with Gasteiger partial charge in [0.1, 0.15) is 0 Å². The zero-order valence-corrected chi connectivity index (χ0v) is 14.2. The minimum Gasteiger partial charge on any atom is -0.444 e. The molecule has 0 saturated carbocycles. The van der Waals surface area contributed by atoms with Gasteiger partial charge in [0.15, 0.2) is 10.4 Å². The number of amides is 2. The average Bonchev–Trinajstić information content (AvgIpc) is 2.69. The first-order valence-corrected chi connectivity index (χ1v) is 7.36. The smallest absolute Gasteiger partial charge is 0.289 e. The number of furan rings is 1. The van der Waals surface area contributed by atoms with Gasteiger partial charge in [0.05, 0.1) is 6.54 Å². The van der Waals surface area contributed by atoms with Crippen LogP contribution >= 0.6 is 28.3 Å². The Bertz CT molecular complexity index is 487. The van der Waals surface area contributed by atoms with Gasteiger partial charge in [-0.3, -0.25) is 9.59 Å². The lowest BCUT2D eigenvalue weighted by atomic mass is 10.3. The fourth-order valence-corrected chi connectivity index (χ4v) is 2.39. The van der Waals surface area contributed by atoms with Crippen LogP contribution in [0.1, 0.15) is 17.0 Å². The van der Waals surface area contributed by atoms with Crippen LogP contribution in [0, 0.1) is 0 Å². The van der Waals surface area contributed by atoms with E-state index < -0.39 is 0 Å². The Morgan fingerprint density at radius 2 is 2.14 bits per heavy atom. The molecule has 1 aliphatic rings. The van der Waals surface area contributed by atoms with E-state index in [1.807, 2.05) is 0 Å². The summed E-state index contributed by atoms with van der Waals surface area (Å²) in [7, 11) is 1.60. The number of nitrogens with zero attached hydrogens (tertiary/aromatic N) is 2. The van der Waals surface area contributed by atoms with Crippen LogP contribution in [-0.2, 0) is 4.79 Å². The quantitative estimate of drug-likeness (QED) is 0.860. The van der Waals surface area contributed by atoms with Gasteiger partial charge in [-0.1, -0.05) is 0 Å². The Labute approximate surface area is 138 Å². The van der Waals surface area contributed by atoms with Crippen LogP contribution in [-0.4, -0.2) is 61.4 Å². The van der Waals surface area contributed by atoms with Gasteiger partial charge >= 0.3 is 0 Å². The van der Waals surface area contributed by atoms with Crippen molar-refractivity contribution in [3.8, 4) is 0 Å². The summed E-state index contributed by atoms with van der Waals surface area (Å²) in [6, 6.07) is 3.24. The third-order valence-corrected chi connectivity index (χ3v) is 3.62. The highest BCUT2D eigenvalue weighted by atomic mass is 79.9. The second-order valence-corrected chi connectivity index (χ2v) is 5.53. The molecule has 0 spiro atoms. The Kier molecular flexibility index (Phi) is 7.21. The first kappa shape index (κ1) is 18.0. The number of carbonyl (C=O) groups is 2. The van der Waals surface area contributed by atoms with E-state index in [-0.39, 0.29) is 36.5 Å².